The first kappa shape index (κ1) is 21.6. The molecule has 0 saturated carbocycles. The predicted octanol–water partition coefficient (Wildman–Crippen LogP) is 6.22. The standard InChI is InChI=1S/C29H28FNO2/c30-25-12-10-23(11-13-25)27-14-15-31-18-29(27)33-20-22-16-24-8-4-5-9-26(24)28(17-22)32-19-21-6-2-1-3-7-21/h1-13,16-17,27,29,31H,14-15,18-20H2/t27-,29-/m1/s1. The minimum atomic E-state index is -0.204. The average molecular weight is 442 g/mol. The second-order valence-electron chi connectivity index (χ2n) is 8.59. The van der Waals surface area contributed by atoms with E-state index >= 15 is 0 Å². The van der Waals surface area contributed by atoms with Gasteiger partial charge in [0, 0.05) is 17.8 Å². The van der Waals surface area contributed by atoms with Gasteiger partial charge in [0.2, 0.25) is 0 Å². The molecule has 4 aromatic rings. The number of fused-ring (bicyclic) bond motifs is 1. The molecule has 0 radical (unpaired) electrons. The summed E-state index contributed by atoms with van der Waals surface area (Å²) in [5, 5.41) is 5.67. The van der Waals surface area contributed by atoms with Gasteiger partial charge in [0.1, 0.15) is 18.2 Å². The Morgan fingerprint density at radius 3 is 2.45 bits per heavy atom. The van der Waals surface area contributed by atoms with Crippen LogP contribution in [0.5, 0.6) is 5.75 Å². The van der Waals surface area contributed by atoms with Crippen LogP contribution in [0, 0.1) is 5.82 Å². The molecule has 0 bridgehead atoms. The third-order valence-corrected chi connectivity index (χ3v) is 6.31. The molecule has 5 rings (SSSR count). The highest BCUT2D eigenvalue weighted by molar-refractivity contribution is 5.89. The molecule has 168 valence electrons. The number of nitrogens with one attached hydrogen (secondary N) is 1. The molecule has 0 unspecified atom stereocenters. The van der Waals surface area contributed by atoms with Crippen LogP contribution in [0.4, 0.5) is 4.39 Å². The Hall–Kier alpha value is -3.21. The van der Waals surface area contributed by atoms with E-state index in [0.29, 0.717) is 13.2 Å². The molecule has 4 aromatic carbocycles. The summed E-state index contributed by atoms with van der Waals surface area (Å²) < 4.78 is 26.1. The van der Waals surface area contributed by atoms with Crippen LogP contribution in [0.1, 0.15) is 29.0 Å². The van der Waals surface area contributed by atoms with Gasteiger partial charge in [-0.2, -0.15) is 0 Å². The molecule has 0 aliphatic carbocycles. The van der Waals surface area contributed by atoms with E-state index in [1.54, 1.807) is 0 Å². The Balaban J connectivity index is 1.34. The monoisotopic (exact) mass is 441 g/mol. The highest BCUT2D eigenvalue weighted by Gasteiger charge is 2.27. The van der Waals surface area contributed by atoms with Crippen molar-refractivity contribution in [3.05, 3.63) is 114 Å². The molecular formula is C29H28FNO2. The second-order valence-corrected chi connectivity index (χ2v) is 8.59. The number of rotatable bonds is 7. The third kappa shape index (κ3) is 5.24. The lowest BCUT2D eigenvalue weighted by atomic mass is 9.88. The van der Waals surface area contributed by atoms with Gasteiger partial charge in [-0.05, 0) is 59.3 Å². The summed E-state index contributed by atoms with van der Waals surface area (Å²) in [7, 11) is 0. The molecule has 1 fully saturated rings. The molecule has 0 aromatic heterocycles. The van der Waals surface area contributed by atoms with Crippen LogP contribution in [0.15, 0.2) is 91.0 Å². The average Bonchev–Trinajstić information content (AvgIpc) is 2.87. The van der Waals surface area contributed by atoms with E-state index in [2.05, 4.69) is 41.7 Å². The third-order valence-electron chi connectivity index (χ3n) is 6.31. The largest absolute Gasteiger partial charge is 0.488 e. The number of halogens is 1. The summed E-state index contributed by atoms with van der Waals surface area (Å²) in [6, 6.07) is 29.6. The van der Waals surface area contributed by atoms with E-state index in [0.717, 1.165) is 52.7 Å². The van der Waals surface area contributed by atoms with Crippen molar-refractivity contribution < 1.29 is 13.9 Å². The summed E-state index contributed by atoms with van der Waals surface area (Å²) in [4.78, 5) is 0. The molecule has 0 spiro atoms. The van der Waals surface area contributed by atoms with Crippen LogP contribution in [-0.4, -0.2) is 19.2 Å². The van der Waals surface area contributed by atoms with Crippen molar-refractivity contribution in [3.63, 3.8) is 0 Å². The van der Waals surface area contributed by atoms with Crippen molar-refractivity contribution in [2.24, 2.45) is 0 Å². The van der Waals surface area contributed by atoms with Crippen LogP contribution >= 0.6 is 0 Å². The molecule has 33 heavy (non-hydrogen) atoms. The van der Waals surface area contributed by atoms with Crippen molar-refractivity contribution in [3.8, 4) is 5.75 Å². The fraction of sp³-hybridized carbons (Fsp3) is 0.241. The Labute approximate surface area is 194 Å². The first-order valence-electron chi connectivity index (χ1n) is 11.5. The fourth-order valence-corrected chi connectivity index (χ4v) is 4.57. The molecule has 1 saturated heterocycles. The Morgan fingerprint density at radius 1 is 0.818 bits per heavy atom. The number of hydrogen-bond donors (Lipinski definition) is 1. The lowest BCUT2D eigenvalue weighted by Gasteiger charge is -2.32. The zero-order valence-electron chi connectivity index (χ0n) is 18.5. The summed E-state index contributed by atoms with van der Waals surface area (Å²) in [5.74, 6) is 0.915. The molecule has 2 atom stereocenters. The van der Waals surface area contributed by atoms with E-state index in [9.17, 15) is 4.39 Å². The Morgan fingerprint density at radius 2 is 1.61 bits per heavy atom. The van der Waals surface area contributed by atoms with Crippen molar-refractivity contribution in [2.45, 2.75) is 31.7 Å². The maximum Gasteiger partial charge on any atom is 0.127 e. The number of benzene rings is 4. The molecule has 4 heteroatoms. The summed E-state index contributed by atoms with van der Waals surface area (Å²) in [6.07, 6.45) is 1.00. The summed E-state index contributed by atoms with van der Waals surface area (Å²) >= 11 is 0. The van der Waals surface area contributed by atoms with E-state index in [4.69, 9.17) is 9.47 Å². The molecular weight excluding hydrogens is 413 g/mol. The molecule has 0 amide bonds. The Bertz CT molecular complexity index is 1190. The molecule has 1 N–H and O–H groups in total. The maximum absolute atomic E-state index is 13.4. The zero-order valence-corrected chi connectivity index (χ0v) is 18.5. The molecule has 1 heterocycles. The lowest BCUT2D eigenvalue weighted by Crippen LogP contribution is -2.40. The first-order valence-corrected chi connectivity index (χ1v) is 11.5. The minimum absolute atomic E-state index is 0.0318. The Kier molecular flexibility index (Phi) is 6.66. The van der Waals surface area contributed by atoms with E-state index in [1.165, 1.54) is 12.1 Å². The quantitative estimate of drug-likeness (QED) is 0.369. The van der Waals surface area contributed by atoms with Crippen LogP contribution in [0.3, 0.4) is 0 Å². The van der Waals surface area contributed by atoms with Crippen molar-refractivity contribution in [1.82, 2.24) is 5.32 Å². The summed E-state index contributed by atoms with van der Waals surface area (Å²) in [6.45, 7) is 2.74. The van der Waals surface area contributed by atoms with Gasteiger partial charge >= 0.3 is 0 Å². The lowest BCUT2D eigenvalue weighted by molar-refractivity contribution is 0.0106. The molecule has 1 aliphatic rings. The van der Waals surface area contributed by atoms with Crippen molar-refractivity contribution >= 4 is 10.8 Å². The van der Waals surface area contributed by atoms with Gasteiger partial charge in [-0.25, -0.2) is 4.39 Å². The van der Waals surface area contributed by atoms with E-state index in [-0.39, 0.29) is 17.8 Å². The number of piperidine rings is 1. The highest BCUT2D eigenvalue weighted by atomic mass is 19.1. The van der Waals surface area contributed by atoms with E-state index < -0.39 is 0 Å². The van der Waals surface area contributed by atoms with Crippen molar-refractivity contribution in [1.29, 1.82) is 0 Å². The smallest absolute Gasteiger partial charge is 0.127 e. The second kappa shape index (κ2) is 10.2. The van der Waals surface area contributed by atoms with Gasteiger partial charge in [0.05, 0.1) is 12.7 Å². The van der Waals surface area contributed by atoms with Gasteiger partial charge in [-0.1, -0.05) is 66.7 Å². The van der Waals surface area contributed by atoms with Crippen LogP contribution in [-0.2, 0) is 18.0 Å². The topological polar surface area (TPSA) is 30.5 Å². The predicted molar refractivity (Wildman–Crippen MR) is 130 cm³/mol. The normalized spacial score (nSPS) is 18.3. The molecule has 3 nitrogen and oxygen atoms in total. The SMILES string of the molecule is Fc1ccc([C@H]2CCNC[C@H]2OCc2cc(OCc3ccccc3)c3ccccc3c2)cc1. The van der Waals surface area contributed by atoms with Crippen LogP contribution < -0.4 is 10.1 Å². The van der Waals surface area contributed by atoms with Gasteiger partial charge in [-0.3, -0.25) is 0 Å². The first-order chi connectivity index (χ1) is 16.3. The van der Waals surface area contributed by atoms with Gasteiger partial charge in [-0.15, -0.1) is 0 Å². The highest BCUT2D eigenvalue weighted by Crippen LogP contribution is 2.31. The van der Waals surface area contributed by atoms with Crippen LogP contribution in [0.2, 0.25) is 0 Å². The van der Waals surface area contributed by atoms with Crippen molar-refractivity contribution in [2.75, 3.05) is 13.1 Å². The maximum atomic E-state index is 13.4. The van der Waals surface area contributed by atoms with Gasteiger partial charge < -0.3 is 14.8 Å². The van der Waals surface area contributed by atoms with E-state index in [1.807, 2.05) is 42.5 Å². The summed E-state index contributed by atoms with van der Waals surface area (Å²) in [5.41, 5.74) is 3.35. The zero-order chi connectivity index (χ0) is 22.5. The van der Waals surface area contributed by atoms with Gasteiger partial charge in [0.25, 0.3) is 0 Å². The van der Waals surface area contributed by atoms with Crippen LogP contribution in [0.25, 0.3) is 10.8 Å². The number of ether oxygens (including phenoxy) is 2. The number of hydrogen-bond acceptors (Lipinski definition) is 3. The fourth-order valence-electron chi connectivity index (χ4n) is 4.57. The molecule has 1 aliphatic heterocycles. The van der Waals surface area contributed by atoms with Gasteiger partial charge in [0.15, 0.2) is 0 Å². The minimum Gasteiger partial charge on any atom is -0.488 e.